The van der Waals surface area contributed by atoms with Gasteiger partial charge in [0.05, 0.1) is 29.4 Å². The Labute approximate surface area is 193 Å². The number of ether oxygens (including phenoxy) is 1. The summed E-state index contributed by atoms with van der Waals surface area (Å²) in [5.41, 5.74) is 2.53. The number of para-hydroxylation sites is 2. The van der Waals surface area contributed by atoms with E-state index >= 15 is 0 Å². The predicted molar refractivity (Wildman–Crippen MR) is 130 cm³/mol. The molecule has 0 fully saturated rings. The van der Waals surface area contributed by atoms with Gasteiger partial charge < -0.3 is 4.74 Å². The van der Waals surface area contributed by atoms with Crippen molar-refractivity contribution in [3.05, 3.63) is 95.3 Å². The molecule has 1 N–H and O–H groups in total. The van der Waals surface area contributed by atoms with Crippen LogP contribution in [0.5, 0.6) is 0 Å². The molecule has 5 aromatic rings. The van der Waals surface area contributed by atoms with Gasteiger partial charge in [0.1, 0.15) is 4.88 Å². The Balaban J connectivity index is 1.84. The molecule has 0 radical (unpaired) electrons. The molecule has 0 aliphatic carbocycles. The summed E-state index contributed by atoms with van der Waals surface area (Å²) >= 11 is 1.23. The number of carbonyl (C=O) groups excluding carboxylic acids is 1. The maximum Gasteiger partial charge on any atom is 0.413 e. The van der Waals surface area contributed by atoms with Crippen LogP contribution in [0.25, 0.3) is 38.5 Å². The van der Waals surface area contributed by atoms with E-state index in [9.17, 15) is 9.59 Å². The van der Waals surface area contributed by atoms with Crippen molar-refractivity contribution in [1.82, 2.24) is 14.5 Å². The van der Waals surface area contributed by atoms with E-state index in [2.05, 4.69) is 10.3 Å². The Morgan fingerprint density at radius 3 is 2.30 bits per heavy atom. The van der Waals surface area contributed by atoms with E-state index in [-0.39, 0.29) is 5.56 Å². The number of hydrogen-bond acceptors (Lipinski definition) is 6. The van der Waals surface area contributed by atoms with Crippen molar-refractivity contribution in [2.75, 3.05) is 12.4 Å². The largest absolute Gasteiger partial charge is 0.453 e. The van der Waals surface area contributed by atoms with Crippen LogP contribution in [0.1, 0.15) is 0 Å². The van der Waals surface area contributed by atoms with E-state index < -0.39 is 6.09 Å². The molecule has 0 bridgehead atoms. The highest BCUT2D eigenvalue weighted by atomic mass is 32.1. The first-order valence-corrected chi connectivity index (χ1v) is 11.0. The molecule has 3 aromatic carbocycles. The molecule has 0 spiro atoms. The number of thiazole rings is 1. The van der Waals surface area contributed by atoms with E-state index in [1.165, 1.54) is 18.4 Å². The first-order chi connectivity index (χ1) is 16.2. The van der Waals surface area contributed by atoms with Crippen molar-refractivity contribution in [2.45, 2.75) is 0 Å². The molecule has 0 saturated carbocycles. The van der Waals surface area contributed by atoms with Crippen molar-refractivity contribution < 1.29 is 9.53 Å². The number of rotatable bonds is 4. The summed E-state index contributed by atoms with van der Waals surface area (Å²) in [5.74, 6) is 0.444. The van der Waals surface area contributed by atoms with Crippen molar-refractivity contribution in [2.24, 2.45) is 0 Å². The fourth-order valence-electron chi connectivity index (χ4n) is 3.56. The number of hydrogen-bond donors (Lipinski definition) is 1. The topological polar surface area (TPSA) is 86.1 Å². The van der Waals surface area contributed by atoms with Crippen LogP contribution in [0.4, 0.5) is 9.93 Å². The Hall–Kier alpha value is -4.30. The molecule has 162 valence electrons. The van der Waals surface area contributed by atoms with Crippen molar-refractivity contribution in [3.63, 3.8) is 0 Å². The fourth-order valence-corrected chi connectivity index (χ4v) is 4.51. The zero-order valence-electron chi connectivity index (χ0n) is 17.6. The number of nitrogens with zero attached hydrogens (tertiary/aromatic N) is 3. The lowest BCUT2D eigenvalue weighted by atomic mass is 10.1. The molecule has 1 amide bonds. The van der Waals surface area contributed by atoms with Crippen LogP contribution < -0.4 is 10.9 Å². The molecule has 0 saturated heterocycles. The normalized spacial score (nSPS) is 10.8. The quantitative estimate of drug-likeness (QED) is 0.395. The number of aromatic nitrogens is 3. The fraction of sp³-hybridized carbons (Fsp3) is 0.0400. The molecule has 8 heteroatoms. The average Bonchev–Trinajstić information content (AvgIpc) is 3.28. The van der Waals surface area contributed by atoms with Gasteiger partial charge in [-0.05, 0) is 24.3 Å². The molecule has 2 heterocycles. The maximum absolute atomic E-state index is 13.6. The second kappa shape index (κ2) is 8.68. The minimum atomic E-state index is -0.623. The number of fused-ring (bicyclic) bond motifs is 1. The van der Waals surface area contributed by atoms with Crippen molar-refractivity contribution >= 4 is 33.5 Å². The predicted octanol–water partition coefficient (Wildman–Crippen LogP) is 5.35. The van der Waals surface area contributed by atoms with E-state index in [0.717, 1.165) is 5.56 Å². The Morgan fingerprint density at radius 2 is 1.58 bits per heavy atom. The summed E-state index contributed by atoms with van der Waals surface area (Å²) in [6, 6.07) is 26.2. The number of anilines is 1. The first kappa shape index (κ1) is 20.6. The van der Waals surface area contributed by atoms with E-state index in [4.69, 9.17) is 9.72 Å². The summed E-state index contributed by atoms with van der Waals surface area (Å²) < 4.78 is 6.32. The highest BCUT2D eigenvalue weighted by Crippen LogP contribution is 2.39. The van der Waals surface area contributed by atoms with Gasteiger partial charge >= 0.3 is 6.09 Å². The molecule has 0 aliphatic rings. The third-order valence-electron chi connectivity index (χ3n) is 5.06. The first-order valence-electron chi connectivity index (χ1n) is 10.1. The van der Waals surface area contributed by atoms with Crippen LogP contribution in [-0.2, 0) is 4.74 Å². The van der Waals surface area contributed by atoms with Crippen LogP contribution in [0.2, 0.25) is 0 Å². The SMILES string of the molecule is COC(=O)Nc1nc(-c2ccccc2)c(-c2nc3ccccc3c(=O)n2-c2ccccc2)s1. The van der Waals surface area contributed by atoms with Gasteiger partial charge in [-0.25, -0.2) is 14.8 Å². The van der Waals surface area contributed by atoms with Gasteiger partial charge in [0, 0.05) is 5.56 Å². The van der Waals surface area contributed by atoms with Crippen LogP contribution in [0, 0.1) is 0 Å². The average molecular weight is 455 g/mol. The lowest BCUT2D eigenvalue weighted by Crippen LogP contribution is -2.21. The number of benzene rings is 3. The van der Waals surface area contributed by atoms with Crippen LogP contribution in [-0.4, -0.2) is 27.7 Å². The molecule has 0 atom stereocenters. The highest BCUT2D eigenvalue weighted by Gasteiger charge is 2.22. The summed E-state index contributed by atoms with van der Waals surface area (Å²) in [5, 5.41) is 3.50. The van der Waals surface area contributed by atoms with Gasteiger partial charge in [-0.2, -0.15) is 0 Å². The van der Waals surface area contributed by atoms with Crippen LogP contribution in [0.15, 0.2) is 89.7 Å². The van der Waals surface area contributed by atoms with Gasteiger partial charge in [-0.15, -0.1) is 0 Å². The lowest BCUT2D eigenvalue weighted by Gasteiger charge is -2.13. The maximum atomic E-state index is 13.6. The molecular weight excluding hydrogens is 436 g/mol. The van der Waals surface area contributed by atoms with E-state index in [1.54, 1.807) is 10.6 Å². The van der Waals surface area contributed by atoms with Crippen molar-refractivity contribution in [1.29, 1.82) is 0 Å². The van der Waals surface area contributed by atoms with Gasteiger partial charge in [0.15, 0.2) is 11.0 Å². The van der Waals surface area contributed by atoms with Gasteiger partial charge in [0.25, 0.3) is 5.56 Å². The standard InChI is InChI=1S/C25H18N4O3S/c1-32-25(31)28-24-27-20(16-10-4-2-5-11-16)21(33-24)22-26-19-15-9-8-14-18(19)23(30)29(22)17-12-6-3-7-13-17/h2-15H,1H3,(H,27,28,31). The summed E-state index contributed by atoms with van der Waals surface area (Å²) in [7, 11) is 1.29. The third-order valence-corrected chi connectivity index (χ3v) is 6.03. The molecular formula is C25H18N4O3S. The van der Waals surface area contributed by atoms with Gasteiger partial charge in [-0.1, -0.05) is 72.0 Å². The molecule has 0 aliphatic heterocycles. The molecule has 2 aromatic heterocycles. The van der Waals surface area contributed by atoms with Gasteiger partial charge in [0.2, 0.25) is 0 Å². The van der Waals surface area contributed by atoms with Crippen LogP contribution in [0.3, 0.4) is 0 Å². The number of amides is 1. The third kappa shape index (κ3) is 3.88. The summed E-state index contributed by atoms with van der Waals surface area (Å²) in [4.78, 5) is 35.6. The Bertz CT molecular complexity index is 1510. The molecule has 33 heavy (non-hydrogen) atoms. The van der Waals surface area contributed by atoms with E-state index in [1.807, 2.05) is 78.9 Å². The lowest BCUT2D eigenvalue weighted by molar-refractivity contribution is 0.187. The highest BCUT2D eigenvalue weighted by molar-refractivity contribution is 7.19. The Kier molecular flexibility index (Phi) is 5.42. The van der Waals surface area contributed by atoms with E-state index in [0.29, 0.717) is 38.1 Å². The number of carbonyl (C=O) groups is 1. The second-order valence-corrected chi connectivity index (χ2v) is 8.11. The number of nitrogens with one attached hydrogen (secondary N) is 1. The molecule has 5 rings (SSSR count). The zero-order chi connectivity index (χ0) is 22.8. The van der Waals surface area contributed by atoms with Crippen LogP contribution >= 0.6 is 11.3 Å². The number of methoxy groups -OCH3 is 1. The monoisotopic (exact) mass is 454 g/mol. The smallest absolute Gasteiger partial charge is 0.413 e. The minimum absolute atomic E-state index is 0.184. The zero-order valence-corrected chi connectivity index (χ0v) is 18.4. The summed E-state index contributed by atoms with van der Waals surface area (Å²) in [6.07, 6.45) is -0.623. The van der Waals surface area contributed by atoms with Crippen molar-refractivity contribution in [3.8, 4) is 27.6 Å². The Morgan fingerprint density at radius 1 is 0.909 bits per heavy atom. The summed E-state index contributed by atoms with van der Waals surface area (Å²) in [6.45, 7) is 0. The molecule has 7 nitrogen and oxygen atoms in total. The molecule has 0 unspecified atom stereocenters. The second-order valence-electron chi connectivity index (χ2n) is 7.11. The minimum Gasteiger partial charge on any atom is -0.453 e. The van der Waals surface area contributed by atoms with Gasteiger partial charge in [-0.3, -0.25) is 14.7 Å².